The van der Waals surface area contributed by atoms with Gasteiger partial charge >= 0.3 is 0 Å². The number of hydrogen-bond donors (Lipinski definition) is 1. The lowest BCUT2D eigenvalue weighted by Gasteiger charge is -2.41. The quantitative estimate of drug-likeness (QED) is 0.558. The molecule has 0 atom stereocenters. The summed E-state index contributed by atoms with van der Waals surface area (Å²) in [5, 5.41) is 11.2. The SMILES string of the molecule is CN(C)C(=O)CN1CCN(c2nc(-c3ccc(C4CC(C)(O)C4)cc3)c(-c3ccccc3)s2)CC1. The average Bonchev–Trinajstić information content (AvgIpc) is 3.29. The van der Waals surface area contributed by atoms with Gasteiger partial charge in [-0.1, -0.05) is 65.9 Å². The van der Waals surface area contributed by atoms with E-state index in [4.69, 9.17) is 4.98 Å². The molecule has 184 valence electrons. The molecule has 35 heavy (non-hydrogen) atoms. The van der Waals surface area contributed by atoms with E-state index in [1.54, 1.807) is 16.2 Å². The van der Waals surface area contributed by atoms with Crippen LogP contribution in [0.15, 0.2) is 54.6 Å². The number of nitrogens with zero attached hydrogens (tertiary/aromatic N) is 4. The number of aliphatic hydroxyl groups is 1. The molecule has 6 nitrogen and oxygen atoms in total. The van der Waals surface area contributed by atoms with E-state index >= 15 is 0 Å². The van der Waals surface area contributed by atoms with Gasteiger partial charge in [-0.15, -0.1) is 0 Å². The van der Waals surface area contributed by atoms with Crippen molar-refractivity contribution in [2.75, 3.05) is 51.7 Å². The van der Waals surface area contributed by atoms with Gasteiger partial charge in [0.2, 0.25) is 5.91 Å². The molecule has 2 heterocycles. The average molecular weight is 491 g/mol. The van der Waals surface area contributed by atoms with Crippen LogP contribution in [0.3, 0.4) is 0 Å². The molecule has 0 bridgehead atoms. The van der Waals surface area contributed by atoms with Gasteiger partial charge in [0.1, 0.15) is 0 Å². The number of carbonyl (C=O) groups excluding carboxylic acids is 1. The van der Waals surface area contributed by atoms with Crippen LogP contribution in [0, 0.1) is 0 Å². The van der Waals surface area contributed by atoms with Gasteiger partial charge in [-0.05, 0) is 36.8 Å². The molecule has 1 aliphatic carbocycles. The maximum Gasteiger partial charge on any atom is 0.236 e. The lowest BCUT2D eigenvalue weighted by atomic mass is 9.69. The molecule has 0 unspecified atom stereocenters. The minimum Gasteiger partial charge on any atom is -0.390 e. The molecule has 5 rings (SSSR count). The summed E-state index contributed by atoms with van der Waals surface area (Å²) in [6.07, 6.45) is 1.66. The van der Waals surface area contributed by atoms with E-state index in [-0.39, 0.29) is 5.91 Å². The zero-order valence-electron chi connectivity index (χ0n) is 20.8. The van der Waals surface area contributed by atoms with Gasteiger partial charge < -0.3 is 14.9 Å². The van der Waals surface area contributed by atoms with Crippen LogP contribution in [0.1, 0.15) is 31.2 Å². The summed E-state index contributed by atoms with van der Waals surface area (Å²) in [5.74, 6) is 0.588. The monoisotopic (exact) mass is 490 g/mol. The topological polar surface area (TPSA) is 59.9 Å². The number of benzene rings is 2. The fourth-order valence-electron chi connectivity index (χ4n) is 5.01. The zero-order chi connectivity index (χ0) is 24.6. The van der Waals surface area contributed by atoms with E-state index in [2.05, 4.69) is 58.3 Å². The molecule has 0 radical (unpaired) electrons. The van der Waals surface area contributed by atoms with Crippen LogP contribution in [0.2, 0.25) is 0 Å². The molecule has 2 fully saturated rings. The Bertz CT molecular complexity index is 1160. The molecule has 1 N–H and O–H groups in total. The Balaban J connectivity index is 1.37. The summed E-state index contributed by atoms with van der Waals surface area (Å²) in [6, 6.07) is 19.2. The molecular weight excluding hydrogens is 456 g/mol. The largest absolute Gasteiger partial charge is 0.390 e. The van der Waals surface area contributed by atoms with Gasteiger partial charge in [0.25, 0.3) is 0 Å². The van der Waals surface area contributed by atoms with Crippen molar-refractivity contribution in [1.82, 2.24) is 14.8 Å². The number of amides is 1. The zero-order valence-corrected chi connectivity index (χ0v) is 21.6. The Morgan fingerprint density at radius 1 is 1.03 bits per heavy atom. The maximum absolute atomic E-state index is 12.1. The van der Waals surface area contributed by atoms with Gasteiger partial charge in [0.05, 0.1) is 22.7 Å². The lowest BCUT2D eigenvalue weighted by Crippen LogP contribution is -2.49. The molecule has 1 aliphatic heterocycles. The number of carbonyl (C=O) groups is 1. The van der Waals surface area contributed by atoms with Crippen molar-refractivity contribution in [2.45, 2.75) is 31.3 Å². The third-order valence-corrected chi connectivity index (χ3v) is 8.35. The number of aromatic nitrogens is 1. The van der Waals surface area contributed by atoms with Crippen molar-refractivity contribution in [1.29, 1.82) is 0 Å². The second-order valence-corrected chi connectivity index (χ2v) is 11.3. The number of hydrogen-bond acceptors (Lipinski definition) is 6. The first-order valence-corrected chi connectivity index (χ1v) is 13.2. The van der Waals surface area contributed by atoms with E-state index < -0.39 is 5.60 Å². The number of rotatable bonds is 6. The smallest absolute Gasteiger partial charge is 0.236 e. The minimum atomic E-state index is -0.516. The first-order chi connectivity index (χ1) is 16.8. The maximum atomic E-state index is 12.1. The Kier molecular flexibility index (Phi) is 6.66. The lowest BCUT2D eigenvalue weighted by molar-refractivity contribution is -0.129. The molecule has 1 saturated carbocycles. The van der Waals surface area contributed by atoms with Crippen LogP contribution in [-0.4, -0.2) is 78.2 Å². The third kappa shape index (κ3) is 5.27. The molecule has 7 heteroatoms. The normalized spacial score (nSPS) is 22.6. The molecular formula is C28H34N4O2S. The van der Waals surface area contributed by atoms with Gasteiger partial charge in [-0.3, -0.25) is 9.69 Å². The van der Waals surface area contributed by atoms with Crippen LogP contribution in [-0.2, 0) is 4.79 Å². The van der Waals surface area contributed by atoms with Crippen molar-refractivity contribution in [2.24, 2.45) is 0 Å². The second kappa shape index (κ2) is 9.72. The third-order valence-electron chi connectivity index (χ3n) is 7.18. The van der Waals surface area contributed by atoms with E-state index in [0.717, 1.165) is 55.4 Å². The highest BCUT2D eigenvalue weighted by Gasteiger charge is 2.39. The van der Waals surface area contributed by atoms with Crippen molar-refractivity contribution >= 4 is 22.4 Å². The van der Waals surface area contributed by atoms with Crippen LogP contribution >= 0.6 is 11.3 Å². The number of thiazole rings is 1. The highest BCUT2D eigenvalue weighted by Crippen LogP contribution is 2.45. The molecule has 1 aromatic heterocycles. The summed E-state index contributed by atoms with van der Waals surface area (Å²) in [6.45, 7) is 5.83. The molecule has 0 spiro atoms. The molecule has 2 aromatic carbocycles. The summed E-state index contributed by atoms with van der Waals surface area (Å²) < 4.78 is 0. The summed E-state index contributed by atoms with van der Waals surface area (Å²) in [5.41, 5.74) is 4.10. The fourth-order valence-corrected chi connectivity index (χ4v) is 6.15. The highest BCUT2D eigenvalue weighted by molar-refractivity contribution is 7.19. The van der Waals surface area contributed by atoms with Gasteiger partial charge in [0.15, 0.2) is 5.13 Å². The number of likely N-dealkylation sites (N-methyl/N-ethyl adjacent to an activating group) is 1. The fraction of sp³-hybridized carbons (Fsp3) is 0.429. The molecule has 3 aromatic rings. The highest BCUT2D eigenvalue weighted by atomic mass is 32.1. The van der Waals surface area contributed by atoms with E-state index in [1.165, 1.54) is 16.0 Å². The molecule has 1 saturated heterocycles. The number of anilines is 1. The van der Waals surface area contributed by atoms with Crippen LogP contribution in [0.4, 0.5) is 5.13 Å². The van der Waals surface area contributed by atoms with E-state index in [0.29, 0.717) is 12.5 Å². The predicted molar refractivity (Wildman–Crippen MR) is 143 cm³/mol. The standard InChI is InChI=1S/C28H34N4O2S/c1-28(34)17-23(18-28)20-9-11-21(12-10-20)25-26(22-7-5-4-6-8-22)35-27(29-25)32-15-13-31(14-16-32)19-24(33)30(2)3/h4-12,23,34H,13-19H2,1-3H3. The van der Waals surface area contributed by atoms with Crippen LogP contribution < -0.4 is 4.90 Å². The summed E-state index contributed by atoms with van der Waals surface area (Å²) >= 11 is 1.75. The first-order valence-electron chi connectivity index (χ1n) is 12.4. The Morgan fingerprint density at radius 2 is 1.69 bits per heavy atom. The van der Waals surface area contributed by atoms with E-state index in [9.17, 15) is 9.90 Å². The van der Waals surface area contributed by atoms with Crippen molar-refractivity contribution in [3.05, 3.63) is 60.2 Å². The molecule has 2 aliphatic rings. The second-order valence-electron chi connectivity index (χ2n) is 10.3. The van der Waals surface area contributed by atoms with Crippen molar-refractivity contribution < 1.29 is 9.90 Å². The van der Waals surface area contributed by atoms with Crippen molar-refractivity contribution in [3.63, 3.8) is 0 Å². The minimum absolute atomic E-state index is 0.148. The van der Waals surface area contributed by atoms with Gasteiger partial charge in [-0.25, -0.2) is 4.98 Å². The van der Waals surface area contributed by atoms with Gasteiger partial charge in [-0.2, -0.15) is 0 Å². The van der Waals surface area contributed by atoms with Crippen LogP contribution in [0.25, 0.3) is 21.7 Å². The Hall–Kier alpha value is -2.74. The van der Waals surface area contributed by atoms with E-state index in [1.807, 2.05) is 27.1 Å². The first kappa shape index (κ1) is 24.0. The summed E-state index contributed by atoms with van der Waals surface area (Å²) in [7, 11) is 3.62. The Labute approximate surface area is 211 Å². The number of piperazine rings is 1. The molecule has 1 amide bonds. The Morgan fingerprint density at radius 3 is 2.29 bits per heavy atom. The van der Waals surface area contributed by atoms with Crippen molar-refractivity contribution in [3.8, 4) is 21.7 Å². The van der Waals surface area contributed by atoms with Gasteiger partial charge in [0, 0.05) is 45.8 Å². The van der Waals surface area contributed by atoms with Crippen LogP contribution in [0.5, 0.6) is 0 Å². The predicted octanol–water partition coefficient (Wildman–Crippen LogP) is 4.32. The summed E-state index contributed by atoms with van der Waals surface area (Å²) in [4.78, 5) is 24.6.